The third-order valence-electron chi connectivity index (χ3n) is 4.93. The standard InChI is InChI=1S/C21H27ClN8O/c1-15(2)13-17(20(31)24-8-6-23)27-18-5-7-25-21(28-18)30-11-9-29(10-12-30)19-4-3-16(22)14-26-19/h3-5,7,14-15,17H,8-13H2,1-2H3,(H,24,31)(H,25,27,28)/t17-/m0/s1. The van der Waals surface area contributed by atoms with Gasteiger partial charge in [0, 0.05) is 38.6 Å². The van der Waals surface area contributed by atoms with Gasteiger partial charge in [0.15, 0.2) is 0 Å². The number of hydrogen-bond acceptors (Lipinski definition) is 8. The number of rotatable bonds is 8. The molecule has 10 heteroatoms. The van der Waals surface area contributed by atoms with Crippen LogP contribution in [0.2, 0.25) is 5.02 Å². The van der Waals surface area contributed by atoms with Gasteiger partial charge >= 0.3 is 0 Å². The SMILES string of the molecule is CC(C)C[C@H](Nc1ccnc(N2CCN(c3ccc(Cl)cn3)CC2)n1)C(=O)NCC#N. The molecule has 0 aromatic carbocycles. The quantitative estimate of drug-likeness (QED) is 0.599. The summed E-state index contributed by atoms with van der Waals surface area (Å²) in [6, 6.07) is 6.98. The number of nitrogens with one attached hydrogen (secondary N) is 2. The van der Waals surface area contributed by atoms with Crippen LogP contribution >= 0.6 is 11.6 Å². The van der Waals surface area contributed by atoms with E-state index >= 15 is 0 Å². The van der Waals surface area contributed by atoms with Crippen LogP contribution in [0, 0.1) is 17.2 Å². The lowest BCUT2D eigenvalue weighted by Gasteiger charge is -2.35. The first-order chi connectivity index (χ1) is 15.0. The molecule has 9 nitrogen and oxygen atoms in total. The zero-order valence-electron chi connectivity index (χ0n) is 17.8. The number of aromatic nitrogens is 3. The summed E-state index contributed by atoms with van der Waals surface area (Å²) in [5, 5.41) is 15.2. The molecule has 1 saturated heterocycles. The van der Waals surface area contributed by atoms with Crippen molar-refractivity contribution in [2.45, 2.75) is 26.3 Å². The Hall–Kier alpha value is -3.12. The van der Waals surface area contributed by atoms with Gasteiger partial charge in [-0.3, -0.25) is 4.79 Å². The van der Waals surface area contributed by atoms with Gasteiger partial charge < -0.3 is 20.4 Å². The predicted molar refractivity (Wildman–Crippen MR) is 121 cm³/mol. The zero-order valence-corrected chi connectivity index (χ0v) is 18.5. The predicted octanol–water partition coefficient (Wildman–Crippen LogP) is 2.32. The lowest BCUT2D eigenvalue weighted by molar-refractivity contribution is -0.121. The molecule has 2 N–H and O–H groups in total. The van der Waals surface area contributed by atoms with Gasteiger partial charge in [0.05, 0.1) is 11.1 Å². The minimum absolute atomic E-state index is 0.0170. The molecule has 0 aliphatic carbocycles. The van der Waals surface area contributed by atoms with E-state index in [1.54, 1.807) is 18.5 Å². The minimum atomic E-state index is -0.469. The second kappa shape index (κ2) is 10.8. The smallest absolute Gasteiger partial charge is 0.243 e. The fourth-order valence-corrected chi connectivity index (χ4v) is 3.51. The van der Waals surface area contributed by atoms with Crippen LogP contribution in [0.15, 0.2) is 30.6 Å². The Morgan fingerprint density at radius 2 is 1.94 bits per heavy atom. The third-order valence-corrected chi connectivity index (χ3v) is 5.15. The van der Waals surface area contributed by atoms with Crippen molar-refractivity contribution in [3.63, 3.8) is 0 Å². The first-order valence-electron chi connectivity index (χ1n) is 10.3. The molecule has 3 rings (SSSR count). The normalized spacial score (nSPS) is 14.8. The molecule has 1 atom stereocenters. The van der Waals surface area contributed by atoms with Gasteiger partial charge in [0.25, 0.3) is 0 Å². The second-order valence-electron chi connectivity index (χ2n) is 7.75. The van der Waals surface area contributed by atoms with Gasteiger partial charge in [0.2, 0.25) is 11.9 Å². The summed E-state index contributed by atoms with van der Waals surface area (Å²) in [5.74, 6) is 2.21. The summed E-state index contributed by atoms with van der Waals surface area (Å²) in [4.78, 5) is 30.2. The molecule has 31 heavy (non-hydrogen) atoms. The van der Waals surface area contributed by atoms with Gasteiger partial charge in [-0.1, -0.05) is 25.4 Å². The van der Waals surface area contributed by atoms with E-state index in [1.165, 1.54) is 0 Å². The molecular weight excluding hydrogens is 416 g/mol. The molecule has 3 heterocycles. The highest BCUT2D eigenvalue weighted by Crippen LogP contribution is 2.19. The number of amides is 1. The average molecular weight is 443 g/mol. The number of pyridine rings is 1. The van der Waals surface area contributed by atoms with Gasteiger partial charge in [0.1, 0.15) is 24.2 Å². The molecule has 1 amide bonds. The van der Waals surface area contributed by atoms with Crippen molar-refractivity contribution in [2.75, 3.05) is 47.8 Å². The Morgan fingerprint density at radius 3 is 2.58 bits per heavy atom. The van der Waals surface area contributed by atoms with Crippen LogP contribution < -0.4 is 20.4 Å². The zero-order chi connectivity index (χ0) is 22.2. The van der Waals surface area contributed by atoms with Crippen molar-refractivity contribution in [3.05, 3.63) is 35.6 Å². The molecule has 1 aliphatic rings. The van der Waals surface area contributed by atoms with Crippen molar-refractivity contribution in [2.24, 2.45) is 5.92 Å². The van der Waals surface area contributed by atoms with Crippen LogP contribution in [-0.2, 0) is 4.79 Å². The summed E-state index contributed by atoms with van der Waals surface area (Å²) in [5.41, 5.74) is 0. The number of piperazine rings is 1. The number of halogens is 1. The summed E-state index contributed by atoms with van der Waals surface area (Å²) in [6.07, 6.45) is 3.97. The van der Waals surface area contributed by atoms with Crippen molar-refractivity contribution in [1.82, 2.24) is 20.3 Å². The Labute approximate surface area is 187 Å². The summed E-state index contributed by atoms with van der Waals surface area (Å²) in [7, 11) is 0. The fourth-order valence-electron chi connectivity index (χ4n) is 3.40. The van der Waals surface area contributed by atoms with E-state index in [0.717, 1.165) is 32.0 Å². The van der Waals surface area contributed by atoms with E-state index in [1.807, 2.05) is 32.0 Å². The topological polar surface area (TPSA) is 110 Å². The highest BCUT2D eigenvalue weighted by atomic mass is 35.5. The Kier molecular flexibility index (Phi) is 7.84. The lowest BCUT2D eigenvalue weighted by Crippen LogP contribution is -2.47. The molecule has 0 bridgehead atoms. The molecule has 1 aliphatic heterocycles. The van der Waals surface area contributed by atoms with Gasteiger partial charge in [-0.15, -0.1) is 0 Å². The van der Waals surface area contributed by atoms with E-state index < -0.39 is 6.04 Å². The molecule has 0 saturated carbocycles. The molecule has 2 aromatic heterocycles. The van der Waals surface area contributed by atoms with Crippen molar-refractivity contribution >= 4 is 35.1 Å². The first kappa shape index (κ1) is 22.6. The number of carbonyl (C=O) groups excluding carboxylic acids is 1. The molecule has 164 valence electrons. The van der Waals surface area contributed by atoms with Gasteiger partial charge in [-0.2, -0.15) is 10.2 Å². The van der Waals surface area contributed by atoms with E-state index in [2.05, 4.69) is 35.4 Å². The Balaban J connectivity index is 1.63. The molecule has 0 radical (unpaired) electrons. The number of hydrogen-bond donors (Lipinski definition) is 2. The van der Waals surface area contributed by atoms with Gasteiger partial charge in [-0.05, 0) is 30.5 Å². The summed E-state index contributed by atoms with van der Waals surface area (Å²) >= 11 is 5.93. The maximum atomic E-state index is 12.4. The lowest BCUT2D eigenvalue weighted by atomic mass is 10.0. The first-order valence-corrected chi connectivity index (χ1v) is 10.7. The number of anilines is 3. The van der Waals surface area contributed by atoms with Crippen LogP contribution in [0.3, 0.4) is 0 Å². The van der Waals surface area contributed by atoms with Crippen LogP contribution in [0.5, 0.6) is 0 Å². The van der Waals surface area contributed by atoms with Crippen LogP contribution in [0.4, 0.5) is 17.6 Å². The van der Waals surface area contributed by atoms with E-state index in [9.17, 15) is 4.79 Å². The van der Waals surface area contributed by atoms with Crippen LogP contribution in [0.1, 0.15) is 20.3 Å². The van der Waals surface area contributed by atoms with Crippen molar-refractivity contribution in [1.29, 1.82) is 5.26 Å². The summed E-state index contributed by atoms with van der Waals surface area (Å²) in [6.45, 7) is 7.18. The van der Waals surface area contributed by atoms with Gasteiger partial charge in [-0.25, -0.2) is 9.97 Å². The van der Waals surface area contributed by atoms with Crippen LogP contribution in [0.25, 0.3) is 0 Å². The Morgan fingerprint density at radius 1 is 1.19 bits per heavy atom. The minimum Gasteiger partial charge on any atom is -0.358 e. The molecule has 0 spiro atoms. The van der Waals surface area contributed by atoms with Crippen molar-refractivity contribution < 1.29 is 4.79 Å². The fraction of sp³-hybridized carbons (Fsp3) is 0.476. The second-order valence-corrected chi connectivity index (χ2v) is 8.19. The monoisotopic (exact) mass is 442 g/mol. The van der Waals surface area contributed by atoms with Crippen LogP contribution in [-0.4, -0.2) is 59.6 Å². The van der Waals surface area contributed by atoms with E-state index in [4.69, 9.17) is 16.9 Å². The van der Waals surface area contributed by atoms with Crippen molar-refractivity contribution in [3.8, 4) is 6.07 Å². The molecular formula is C21H27ClN8O. The summed E-state index contributed by atoms with van der Waals surface area (Å²) < 4.78 is 0. The molecule has 2 aromatic rings. The highest BCUT2D eigenvalue weighted by Gasteiger charge is 2.22. The molecule has 0 unspecified atom stereocenters. The average Bonchev–Trinajstić information content (AvgIpc) is 2.77. The highest BCUT2D eigenvalue weighted by molar-refractivity contribution is 6.30. The maximum Gasteiger partial charge on any atom is 0.243 e. The largest absolute Gasteiger partial charge is 0.358 e. The van der Waals surface area contributed by atoms with E-state index in [0.29, 0.717) is 29.1 Å². The number of nitriles is 1. The Bertz CT molecular complexity index is 906. The maximum absolute atomic E-state index is 12.4. The number of carbonyl (C=O) groups is 1. The van der Waals surface area contributed by atoms with E-state index in [-0.39, 0.29) is 12.5 Å². The third kappa shape index (κ3) is 6.43. The number of nitrogens with zero attached hydrogens (tertiary/aromatic N) is 6. The molecule has 1 fully saturated rings.